The molecule has 6 nitrogen and oxygen atoms in total. The Hall–Kier alpha value is -2.63. The number of piperidine rings is 1. The second kappa shape index (κ2) is 7.09. The molecule has 2 aliphatic rings. The second-order valence-corrected chi connectivity index (χ2v) is 6.45. The molecule has 0 aromatic heterocycles. The molecule has 0 aliphatic carbocycles. The molecule has 1 unspecified atom stereocenters. The first-order chi connectivity index (χ1) is 12.1. The number of amides is 2. The monoisotopic (exact) mass is 341 g/mol. The fraction of sp³-hybridized carbons (Fsp3) is 0.421. The van der Waals surface area contributed by atoms with E-state index in [9.17, 15) is 14.7 Å². The predicted molar refractivity (Wildman–Crippen MR) is 96.4 cm³/mol. The minimum Gasteiger partial charge on any atom is -0.513 e. The van der Waals surface area contributed by atoms with E-state index >= 15 is 0 Å². The lowest BCUT2D eigenvalue weighted by atomic mass is 9.96. The molecule has 1 aromatic carbocycles. The zero-order valence-corrected chi connectivity index (χ0v) is 14.6. The van der Waals surface area contributed by atoms with Gasteiger partial charge in [0.15, 0.2) is 0 Å². The van der Waals surface area contributed by atoms with Gasteiger partial charge in [-0.05, 0) is 31.4 Å². The second-order valence-electron chi connectivity index (χ2n) is 6.45. The molecular weight excluding hydrogens is 318 g/mol. The average Bonchev–Trinajstić information content (AvgIpc) is 2.59. The lowest BCUT2D eigenvalue weighted by Gasteiger charge is -2.39. The van der Waals surface area contributed by atoms with Crippen LogP contribution < -0.4 is 5.32 Å². The molecule has 0 saturated carbocycles. The van der Waals surface area contributed by atoms with E-state index in [4.69, 9.17) is 4.99 Å². The fourth-order valence-corrected chi connectivity index (χ4v) is 3.45. The smallest absolute Gasteiger partial charge is 0.249 e. The summed E-state index contributed by atoms with van der Waals surface area (Å²) in [7, 11) is 0. The van der Waals surface area contributed by atoms with Crippen LogP contribution in [0, 0.1) is 6.92 Å². The Morgan fingerprint density at radius 2 is 2.20 bits per heavy atom. The molecule has 2 N–H and O–H groups in total. The number of aliphatic imine (C=N–C) groups is 1. The van der Waals surface area contributed by atoms with E-state index in [-0.39, 0.29) is 18.2 Å². The van der Waals surface area contributed by atoms with Gasteiger partial charge in [-0.15, -0.1) is 0 Å². The number of unbranched alkanes of at least 4 members (excludes halogenated alkanes) is 1. The van der Waals surface area contributed by atoms with E-state index in [0.29, 0.717) is 18.5 Å². The molecule has 0 bridgehead atoms. The number of rotatable bonds is 4. The van der Waals surface area contributed by atoms with E-state index in [0.717, 1.165) is 41.8 Å². The van der Waals surface area contributed by atoms with Gasteiger partial charge in [-0.2, -0.15) is 0 Å². The first-order valence-corrected chi connectivity index (χ1v) is 8.71. The van der Waals surface area contributed by atoms with E-state index in [1.165, 1.54) is 0 Å². The molecule has 2 heterocycles. The van der Waals surface area contributed by atoms with Crippen molar-refractivity contribution in [1.29, 1.82) is 0 Å². The SMILES string of the molecule is CCCCC1=Nc2cccc(C)c2/C(=C/O)N1C1CCC(=O)NC1=O. The van der Waals surface area contributed by atoms with Crippen LogP contribution in [0.25, 0.3) is 5.70 Å². The molecule has 0 spiro atoms. The predicted octanol–water partition coefficient (Wildman–Crippen LogP) is 3.19. The first kappa shape index (κ1) is 17.2. The molecule has 2 aliphatic heterocycles. The zero-order valence-electron chi connectivity index (χ0n) is 14.6. The van der Waals surface area contributed by atoms with Crippen molar-refractivity contribution in [1.82, 2.24) is 10.2 Å². The number of imide groups is 1. The van der Waals surface area contributed by atoms with Crippen LogP contribution in [0.5, 0.6) is 0 Å². The summed E-state index contributed by atoms with van der Waals surface area (Å²) < 4.78 is 0. The number of nitrogens with zero attached hydrogens (tertiary/aromatic N) is 2. The van der Waals surface area contributed by atoms with E-state index in [2.05, 4.69) is 12.2 Å². The number of amidine groups is 1. The molecule has 1 fully saturated rings. The Morgan fingerprint density at radius 3 is 2.88 bits per heavy atom. The Bertz CT molecular complexity index is 767. The van der Waals surface area contributed by atoms with Crippen LogP contribution in [0.3, 0.4) is 0 Å². The van der Waals surface area contributed by atoms with Gasteiger partial charge in [-0.3, -0.25) is 14.9 Å². The summed E-state index contributed by atoms with van der Waals surface area (Å²) in [4.78, 5) is 30.5. The highest BCUT2D eigenvalue weighted by Gasteiger charge is 2.38. The molecule has 1 atom stereocenters. The summed E-state index contributed by atoms with van der Waals surface area (Å²) in [5.41, 5.74) is 3.18. The highest BCUT2D eigenvalue weighted by Crippen LogP contribution is 2.39. The topological polar surface area (TPSA) is 82.0 Å². The van der Waals surface area contributed by atoms with Crippen LogP contribution in [0.15, 0.2) is 29.5 Å². The molecule has 1 aromatic rings. The third kappa shape index (κ3) is 3.16. The number of carbonyl (C=O) groups is 2. The van der Waals surface area contributed by atoms with Crippen LogP contribution in [-0.4, -0.2) is 33.7 Å². The largest absolute Gasteiger partial charge is 0.513 e. The number of hydrogen-bond acceptors (Lipinski definition) is 5. The lowest BCUT2D eigenvalue weighted by molar-refractivity contribution is -0.135. The summed E-state index contributed by atoms with van der Waals surface area (Å²) >= 11 is 0. The Balaban J connectivity index is 2.09. The Kier molecular flexibility index (Phi) is 4.88. The van der Waals surface area contributed by atoms with Crippen LogP contribution in [0.4, 0.5) is 5.69 Å². The number of nitrogens with one attached hydrogen (secondary N) is 1. The highest BCUT2D eigenvalue weighted by atomic mass is 16.2. The van der Waals surface area contributed by atoms with E-state index in [1.54, 1.807) is 0 Å². The maximum absolute atomic E-state index is 12.4. The van der Waals surface area contributed by atoms with Gasteiger partial charge in [0.05, 0.1) is 11.4 Å². The Labute approximate surface area is 147 Å². The third-order valence-electron chi connectivity index (χ3n) is 4.69. The van der Waals surface area contributed by atoms with Gasteiger partial charge < -0.3 is 10.0 Å². The average molecular weight is 341 g/mol. The third-order valence-corrected chi connectivity index (χ3v) is 4.69. The van der Waals surface area contributed by atoms with Crippen molar-refractivity contribution >= 4 is 29.0 Å². The normalized spacial score (nSPS) is 21.8. The zero-order chi connectivity index (χ0) is 18.0. The molecule has 132 valence electrons. The minimum absolute atomic E-state index is 0.253. The van der Waals surface area contributed by atoms with Gasteiger partial charge in [0.1, 0.15) is 18.1 Å². The minimum atomic E-state index is -0.542. The maximum atomic E-state index is 12.4. The molecule has 2 amide bonds. The summed E-state index contributed by atoms with van der Waals surface area (Å²) in [6, 6.07) is 5.27. The maximum Gasteiger partial charge on any atom is 0.249 e. The number of hydrogen-bond donors (Lipinski definition) is 2. The van der Waals surface area contributed by atoms with E-state index < -0.39 is 6.04 Å². The van der Waals surface area contributed by atoms with Crippen LogP contribution in [0.1, 0.15) is 50.2 Å². The number of carbonyl (C=O) groups excluding carboxylic acids is 2. The summed E-state index contributed by atoms with van der Waals surface area (Å²) in [5, 5.41) is 12.4. The number of aryl methyl sites for hydroxylation is 1. The van der Waals surface area contributed by atoms with Crippen molar-refractivity contribution < 1.29 is 14.7 Å². The van der Waals surface area contributed by atoms with Gasteiger partial charge in [0.2, 0.25) is 11.8 Å². The van der Waals surface area contributed by atoms with Gasteiger partial charge in [-0.25, -0.2) is 4.99 Å². The van der Waals surface area contributed by atoms with Gasteiger partial charge in [-0.1, -0.05) is 25.5 Å². The summed E-state index contributed by atoms with van der Waals surface area (Å²) in [6.07, 6.45) is 4.39. The van der Waals surface area contributed by atoms with Crippen molar-refractivity contribution in [3.8, 4) is 0 Å². The standard InChI is InChI=1S/C19H23N3O3/c1-3-4-8-16-20-13-7-5-6-12(2)18(13)15(11-23)22(16)14-9-10-17(24)21-19(14)25/h5-7,11,14,23H,3-4,8-10H2,1-2H3,(H,21,24,25)/b15-11-. The van der Waals surface area contributed by atoms with Gasteiger partial charge in [0.25, 0.3) is 0 Å². The van der Waals surface area contributed by atoms with Crippen LogP contribution in [0.2, 0.25) is 0 Å². The fourth-order valence-electron chi connectivity index (χ4n) is 3.45. The van der Waals surface area contributed by atoms with Crippen molar-refractivity contribution in [3.63, 3.8) is 0 Å². The number of benzene rings is 1. The first-order valence-electron chi connectivity index (χ1n) is 8.71. The number of aliphatic hydroxyl groups excluding tert-OH is 1. The van der Waals surface area contributed by atoms with Crippen molar-refractivity contribution in [2.45, 2.75) is 52.0 Å². The van der Waals surface area contributed by atoms with Crippen LogP contribution in [-0.2, 0) is 9.59 Å². The number of aliphatic hydroxyl groups is 1. The number of fused-ring (bicyclic) bond motifs is 1. The van der Waals surface area contributed by atoms with Gasteiger partial charge >= 0.3 is 0 Å². The Morgan fingerprint density at radius 1 is 1.40 bits per heavy atom. The van der Waals surface area contributed by atoms with Crippen molar-refractivity contribution in [3.05, 3.63) is 35.6 Å². The lowest BCUT2D eigenvalue weighted by Crippen LogP contribution is -2.54. The van der Waals surface area contributed by atoms with Crippen LogP contribution >= 0.6 is 0 Å². The van der Waals surface area contributed by atoms with Crippen molar-refractivity contribution in [2.75, 3.05) is 0 Å². The highest BCUT2D eigenvalue weighted by molar-refractivity contribution is 6.06. The molecular formula is C19H23N3O3. The molecule has 6 heteroatoms. The summed E-state index contributed by atoms with van der Waals surface area (Å²) in [5.74, 6) is 0.169. The van der Waals surface area contributed by atoms with Gasteiger partial charge in [0, 0.05) is 18.4 Å². The quantitative estimate of drug-likeness (QED) is 0.651. The molecule has 0 radical (unpaired) electrons. The van der Waals surface area contributed by atoms with Crippen molar-refractivity contribution in [2.24, 2.45) is 4.99 Å². The molecule has 1 saturated heterocycles. The molecule has 3 rings (SSSR count). The molecule has 25 heavy (non-hydrogen) atoms. The van der Waals surface area contributed by atoms with E-state index in [1.807, 2.05) is 30.0 Å². The summed E-state index contributed by atoms with van der Waals surface area (Å²) in [6.45, 7) is 4.05.